The average molecular weight is 335 g/mol. The molecule has 1 aliphatic rings. The normalized spacial score (nSPS) is 15.6. The number of halogens is 2. The lowest BCUT2D eigenvalue weighted by Gasteiger charge is -2.25. The molecule has 0 bridgehead atoms. The van der Waals surface area contributed by atoms with E-state index in [1.807, 2.05) is 6.07 Å². The van der Waals surface area contributed by atoms with Crippen molar-refractivity contribution in [1.29, 1.82) is 0 Å². The SMILES string of the molecule is COc1cc(Sc2ccc(F)cc2C2CCNCC2)ccc1F. The van der Waals surface area contributed by atoms with Gasteiger partial charge in [0.15, 0.2) is 11.6 Å². The van der Waals surface area contributed by atoms with Crippen LogP contribution in [0.5, 0.6) is 5.75 Å². The highest BCUT2D eigenvalue weighted by Gasteiger charge is 2.19. The van der Waals surface area contributed by atoms with Crippen LogP contribution in [0.2, 0.25) is 0 Å². The summed E-state index contributed by atoms with van der Waals surface area (Å²) < 4.78 is 32.3. The van der Waals surface area contributed by atoms with Crippen molar-refractivity contribution in [3.05, 3.63) is 53.6 Å². The zero-order valence-electron chi connectivity index (χ0n) is 12.9. The van der Waals surface area contributed by atoms with Gasteiger partial charge in [0.05, 0.1) is 7.11 Å². The molecule has 2 nitrogen and oxygen atoms in total. The fourth-order valence-corrected chi connectivity index (χ4v) is 3.93. The summed E-state index contributed by atoms with van der Waals surface area (Å²) in [4.78, 5) is 1.90. The molecule has 1 heterocycles. The monoisotopic (exact) mass is 335 g/mol. The molecule has 0 unspecified atom stereocenters. The van der Waals surface area contributed by atoms with Gasteiger partial charge in [0.25, 0.3) is 0 Å². The Hall–Kier alpha value is -1.59. The fraction of sp³-hybridized carbons (Fsp3) is 0.333. The summed E-state index contributed by atoms with van der Waals surface area (Å²) in [5.41, 5.74) is 1.04. The molecule has 1 N–H and O–H groups in total. The standard InChI is InChI=1S/C18H19F2NOS/c1-22-17-11-14(3-4-16(17)20)23-18-5-2-13(19)10-15(18)12-6-8-21-9-7-12/h2-5,10-12,21H,6-9H2,1H3. The number of benzene rings is 2. The Morgan fingerprint density at radius 1 is 1.09 bits per heavy atom. The second kappa shape index (κ2) is 7.32. The van der Waals surface area contributed by atoms with E-state index in [1.54, 1.807) is 18.2 Å². The molecule has 1 aliphatic heterocycles. The van der Waals surface area contributed by atoms with Gasteiger partial charge >= 0.3 is 0 Å². The van der Waals surface area contributed by atoms with E-state index in [-0.39, 0.29) is 17.4 Å². The fourth-order valence-electron chi connectivity index (χ4n) is 2.89. The molecule has 0 radical (unpaired) electrons. The Morgan fingerprint density at radius 3 is 2.61 bits per heavy atom. The van der Waals surface area contributed by atoms with Crippen LogP contribution in [0.1, 0.15) is 24.3 Å². The average Bonchev–Trinajstić information content (AvgIpc) is 2.59. The summed E-state index contributed by atoms with van der Waals surface area (Å²) in [7, 11) is 1.45. The number of piperidine rings is 1. The van der Waals surface area contributed by atoms with Crippen molar-refractivity contribution >= 4 is 11.8 Å². The largest absolute Gasteiger partial charge is 0.494 e. The van der Waals surface area contributed by atoms with Gasteiger partial charge in [-0.3, -0.25) is 0 Å². The first-order valence-corrected chi connectivity index (χ1v) is 8.50. The second-order valence-electron chi connectivity index (χ2n) is 5.60. The van der Waals surface area contributed by atoms with Crippen LogP contribution in [0, 0.1) is 11.6 Å². The number of rotatable bonds is 4. The predicted molar refractivity (Wildman–Crippen MR) is 88.3 cm³/mol. The van der Waals surface area contributed by atoms with Crippen molar-refractivity contribution in [1.82, 2.24) is 5.32 Å². The van der Waals surface area contributed by atoms with E-state index < -0.39 is 0 Å². The Labute approximate surface area is 139 Å². The highest BCUT2D eigenvalue weighted by Crippen LogP contribution is 2.38. The smallest absolute Gasteiger partial charge is 0.165 e. The van der Waals surface area contributed by atoms with Crippen LogP contribution in [0.4, 0.5) is 8.78 Å². The molecule has 1 fully saturated rings. The van der Waals surface area contributed by atoms with E-state index in [1.165, 1.54) is 31.0 Å². The highest BCUT2D eigenvalue weighted by atomic mass is 32.2. The van der Waals surface area contributed by atoms with Crippen LogP contribution >= 0.6 is 11.8 Å². The first kappa shape index (κ1) is 16.3. The molecule has 2 aromatic rings. The van der Waals surface area contributed by atoms with E-state index in [2.05, 4.69) is 5.32 Å². The maximum Gasteiger partial charge on any atom is 0.165 e. The van der Waals surface area contributed by atoms with Crippen molar-refractivity contribution in [2.45, 2.75) is 28.6 Å². The maximum absolute atomic E-state index is 13.7. The van der Waals surface area contributed by atoms with Gasteiger partial charge in [0, 0.05) is 9.79 Å². The zero-order valence-corrected chi connectivity index (χ0v) is 13.8. The number of hydrogen-bond acceptors (Lipinski definition) is 3. The van der Waals surface area contributed by atoms with Gasteiger partial charge in [-0.15, -0.1) is 0 Å². The van der Waals surface area contributed by atoms with Crippen LogP contribution in [0.3, 0.4) is 0 Å². The third-order valence-electron chi connectivity index (χ3n) is 4.10. The first-order valence-electron chi connectivity index (χ1n) is 7.69. The van der Waals surface area contributed by atoms with Gasteiger partial charge in [-0.05, 0) is 73.8 Å². The minimum absolute atomic E-state index is 0.209. The molecule has 0 atom stereocenters. The van der Waals surface area contributed by atoms with Crippen LogP contribution < -0.4 is 10.1 Å². The Bertz CT molecular complexity index is 687. The molecule has 5 heteroatoms. The number of hydrogen-bond donors (Lipinski definition) is 1. The van der Waals surface area contributed by atoms with Gasteiger partial charge in [-0.1, -0.05) is 11.8 Å². The quantitative estimate of drug-likeness (QED) is 0.883. The van der Waals surface area contributed by atoms with E-state index >= 15 is 0 Å². The molecule has 0 aliphatic carbocycles. The Balaban J connectivity index is 1.90. The molecular formula is C18H19F2NOS. The summed E-state index contributed by atoms with van der Waals surface area (Å²) >= 11 is 1.52. The van der Waals surface area contributed by atoms with E-state index in [0.29, 0.717) is 5.92 Å². The molecule has 0 amide bonds. The maximum atomic E-state index is 13.7. The van der Waals surface area contributed by atoms with E-state index in [9.17, 15) is 8.78 Å². The van der Waals surface area contributed by atoms with Gasteiger partial charge in [0.1, 0.15) is 5.82 Å². The molecule has 0 aromatic heterocycles. The van der Waals surface area contributed by atoms with Gasteiger partial charge in [-0.2, -0.15) is 0 Å². The summed E-state index contributed by atoms with van der Waals surface area (Å²) in [6.07, 6.45) is 2.01. The number of ether oxygens (including phenoxy) is 1. The van der Waals surface area contributed by atoms with Crippen molar-refractivity contribution in [2.24, 2.45) is 0 Å². The zero-order chi connectivity index (χ0) is 16.2. The van der Waals surface area contributed by atoms with Crippen LogP contribution in [0.25, 0.3) is 0 Å². The molecule has 1 saturated heterocycles. The molecule has 122 valence electrons. The van der Waals surface area contributed by atoms with Crippen LogP contribution in [0.15, 0.2) is 46.2 Å². The van der Waals surface area contributed by atoms with Gasteiger partial charge in [-0.25, -0.2) is 8.78 Å². The van der Waals surface area contributed by atoms with Crippen LogP contribution in [-0.2, 0) is 0 Å². The molecule has 0 spiro atoms. The van der Waals surface area contributed by atoms with Gasteiger partial charge < -0.3 is 10.1 Å². The van der Waals surface area contributed by atoms with Gasteiger partial charge in [0.2, 0.25) is 0 Å². The lowest BCUT2D eigenvalue weighted by atomic mass is 9.90. The third-order valence-corrected chi connectivity index (χ3v) is 5.18. The van der Waals surface area contributed by atoms with E-state index in [4.69, 9.17) is 4.74 Å². The lowest BCUT2D eigenvalue weighted by Crippen LogP contribution is -2.26. The minimum atomic E-state index is -0.380. The summed E-state index contributed by atoms with van der Waals surface area (Å²) in [6.45, 7) is 1.91. The van der Waals surface area contributed by atoms with Crippen molar-refractivity contribution in [3.63, 3.8) is 0 Å². The Kier molecular flexibility index (Phi) is 5.18. The third kappa shape index (κ3) is 3.85. The van der Waals surface area contributed by atoms with Crippen LogP contribution in [-0.4, -0.2) is 20.2 Å². The topological polar surface area (TPSA) is 21.3 Å². The lowest BCUT2D eigenvalue weighted by molar-refractivity contribution is 0.385. The van der Waals surface area contributed by atoms with Crippen molar-refractivity contribution < 1.29 is 13.5 Å². The summed E-state index contributed by atoms with van der Waals surface area (Å²) in [5, 5.41) is 3.33. The molecule has 3 rings (SSSR count). The summed E-state index contributed by atoms with van der Waals surface area (Å²) in [5.74, 6) is -0.00794. The first-order chi connectivity index (χ1) is 11.2. The molecule has 23 heavy (non-hydrogen) atoms. The molecular weight excluding hydrogens is 316 g/mol. The summed E-state index contributed by atoms with van der Waals surface area (Å²) in [6, 6.07) is 9.72. The second-order valence-corrected chi connectivity index (χ2v) is 6.72. The highest BCUT2D eigenvalue weighted by molar-refractivity contribution is 7.99. The molecule has 2 aromatic carbocycles. The number of nitrogens with one attached hydrogen (secondary N) is 1. The predicted octanol–water partition coefficient (Wildman–Crippen LogP) is 4.59. The minimum Gasteiger partial charge on any atom is -0.494 e. The Morgan fingerprint density at radius 2 is 1.87 bits per heavy atom. The van der Waals surface area contributed by atoms with Crippen molar-refractivity contribution in [3.8, 4) is 5.75 Å². The molecule has 0 saturated carbocycles. The number of methoxy groups -OCH3 is 1. The van der Waals surface area contributed by atoms with Crippen molar-refractivity contribution in [2.75, 3.05) is 20.2 Å². The van der Waals surface area contributed by atoms with E-state index in [0.717, 1.165) is 41.3 Å².